The number of nitrogens with one attached hydrogen (secondary N) is 1. The van der Waals surface area contributed by atoms with E-state index in [1.165, 1.54) is 6.92 Å². The minimum atomic E-state index is -0.866. The molecule has 0 saturated heterocycles. The molecule has 0 heterocycles. The van der Waals surface area contributed by atoms with E-state index in [2.05, 4.69) is 11.9 Å². The molecular formula is C20H20ClNO3S. The van der Waals surface area contributed by atoms with Gasteiger partial charge < -0.3 is 10.1 Å². The third kappa shape index (κ3) is 6.24. The number of halogens is 1. The van der Waals surface area contributed by atoms with E-state index in [0.29, 0.717) is 22.9 Å². The predicted molar refractivity (Wildman–Crippen MR) is 106 cm³/mol. The number of carbonyl (C=O) groups excluding carboxylic acids is 2. The van der Waals surface area contributed by atoms with E-state index in [4.69, 9.17) is 16.3 Å². The fourth-order valence-corrected chi connectivity index (χ4v) is 3.05. The van der Waals surface area contributed by atoms with Crippen molar-refractivity contribution in [3.63, 3.8) is 0 Å². The van der Waals surface area contributed by atoms with Crippen molar-refractivity contribution in [1.82, 2.24) is 5.32 Å². The average Bonchev–Trinajstić information content (AvgIpc) is 2.65. The number of thioether (sulfide) groups is 1. The molecular weight excluding hydrogens is 370 g/mol. The van der Waals surface area contributed by atoms with Crippen molar-refractivity contribution >= 4 is 35.2 Å². The van der Waals surface area contributed by atoms with E-state index in [0.717, 1.165) is 10.5 Å². The maximum absolute atomic E-state index is 12.3. The van der Waals surface area contributed by atoms with Gasteiger partial charge in [-0.3, -0.25) is 4.79 Å². The number of ether oxygens (including phenoxy) is 1. The van der Waals surface area contributed by atoms with E-state index < -0.39 is 12.1 Å². The van der Waals surface area contributed by atoms with Gasteiger partial charge in [0, 0.05) is 22.2 Å². The van der Waals surface area contributed by atoms with Crippen molar-refractivity contribution < 1.29 is 14.3 Å². The van der Waals surface area contributed by atoms with Crippen molar-refractivity contribution in [3.8, 4) is 0 Å². The quantitative estimate of drug-likeness (QED) is 0.411. The van der Waals surface area contributed by atoms with Gasteiger partial charge in [-0.2, -0.15) is 0 Å². The molecule has 0 aliphatic rings. The Kier molecular flexibility index (Phi) is 7.75. The second-order valence-corrected chi connectivity index (χ2v) is 7.01. The Hall–Kier alpha value is -2.24. The normalized spacial score (nSPS) is 11.5. The van der Waals surface area contributed by atoms with Gasteiger partial charge in [-0.15, -0.1) is 18.3 Å². The van der Waals surface area contributed by atoms with Gasteiger partial charge in [-0.05, 0) is 48.9 Å². The molecule has 0 unspecified atom stereocenters. The van der Waals surface area contributed by atoms with E-state index in [-0.39, 0.29) is 5.91 Å². The topological polar surface area (TPSA) is 55.4 Å². The molecule has 2 aromatic rings. The van der Waals surface area contributed by atoms with Gasteiger partial charge >= 0.3 is 5.97 Å². The predicted octanol–water partition coefficient (Wildman–Crippen LogP) is 4.48. The first-order valence-corrected chi connectivity index (χ1v) is 9.43. The summed E-state index contributed by atoms with van der Waals surface area (Å²) in [4.78, 5) is 25.1. The monoisotopic (exact) mass is 389 g/mol. The van der Waals surface area contributed by atoms with Gasteiger partial charge in [-0.25, -0.2) is 4.79 Å². The van der Waals surface area contributed by atoms with Crippen molar-refractivity contribution in [2.75, 3.05) is 6.54 Å². The molecule has 6 heteroatoms. The number of amides is 1. The van der Waals surface area contributed by atoms with Crippen LogP contribution in [0.2, 0.25) is 5.02 Å². The summed E-state index contributed by atoms with van der Waals surface area (Å²) in [6.45, 7) is 5.39. The zero-order valence-corrected chi connectivity index (χ0v) is 16.0. The van der Waals surface area contributed by atoms with Crippen LogP contribution in [0.15, 0.2) is 66.1 Å². The van der Waals surface area contributed by atoms with E-state index in [1.807, 2.05) is 30.3 Å². The average molecular weight is 390 g/mol. The lowest BCUT2D eigenvalue weighted by atomic mass is 10.1. The summed E-state index contributed by atoms with van der Waals surface area (Å²) in [6, 6.07) is 14.8. The Morgan fingerprint density at radius 1 is 1.27 bits per heavy atom. The van der Waals surface area contributed by atoms with Crippen molar-refractivity contribution in [2.24, 2.45) is 0 Å². The number of hydrogen-bond donors (Lipinski definition) is 1. The van der Waals surface area contributed by atoms with Crippen molar-refractivity contribution in [2.45, 2.75) is 23.7 Å². The lowest BCUT2D eigenvalue weighted by Gasteiger charge is -2.13. The molecule has 4 nitrogen and oxygen atoms in total. The molecule has 2 aromatic carbocycles. The molecule has 0 spiro atoms. The van der Waals surface area contributed by atoms with Gasteiger partial charge in [0.2, 0.25) is 0 Å². The first kappa shape index (κ1) is 20.1. The molecule has 0 fully saturated rings. The zero-order chi connectivity index (χ0) is 18.9. The highest BCUT2D eigenvalue weighted by molar-refractivity contribution is 7.98. The van der Waals surface area contributed by atoms with E-state index >= 15 is 0 Å². The molecule has 0 bridgehead atoms. The van der Waals surface area contributed by atoms with Crippen molar-refractivity contribution in [3.05, 3.63) is 77.3 Å². The lowest BCUT2D eigenvalue weighted by molar-refractivity contribution is -0.128. The summed E-state index contributed by atoms with van der Waals surface area (Å²) in [7, 11) is 0. The Balaban J connectivity index is 1.94. The van der Waals surface area contributed by atoms with Crippen LogP contribution in [0.25, 0.3) is 0 Å². The van der Waals surface area contributed by atoms with Gasteiger partial charge in [0.1, 0.15) is 0 Å². The highest BCUT2D eigenvalue weighted by Crippen LogP contribution is 2.24. The Bertz CT molecular complexity index is 777. The summed E-state index contributed by atoms with van der Waals surface area (Å²) < 4.78 is 5.22. The molecule has 0 saturated carbocycles. The van der Waals surface area contributed by atoms with Crippen LogP contribution in [0.3, 0.4) is 0 Å². The van der Waals surface area contributed by atoms with Gasteiger partial charge in [0.25, 0.3) is 5.91 Å². The van der Waals surface area contributed by atoms with Gasteiger partial charge in [0.05, 0.1) is 5.56 Å². The fourth-order valence-electron chi connectivity index (χ4n) is 2.08. The number of hydrogen-bond acceptors (Lipinski definition) is 4. The third-order valence-corrected chi connectivity index (χ3v) is 4.79. The highest BCUT2D eigenvalue weighted by Gasteiger charge is 2.18. The number of esters is 1. The number of carbonyl (C=O) groups is 2. The van der Waals surface area contributed by atoms with Crippen LogP contribution >= 0.6 is 23.4 Å². The summed E-state index contributed by atoms with van der Waals surface area (Å²) in [5.74, 6) is -0.171. The Morgan fingerprint density at radius 3 is 2.69 bits per heavy atom. The summed E-state index contributed by atoms with van der Waals surface area (Å²) >= 11 is 7.53. The number of rotatable bonds is 8. The molecule has 136 valence electrons. The van der Waals surface area contributed by atoms with E-state index in [1.54, 1.807) is 36.0 Å². The van der Waals surface area contributed by atoms with E-state index in [9.17, 15) is 9.59 Å². The van der Waals surface area contributed by atoms with Crippen molar-refractivity contribution in [1.29, 1.82) is 0 Å². The summed E-state index contributed by atoms with van der Waals surface area (Å²) in [6.07, 6.45) is 0.698. The SMILES string of the molecule is C=CCNC(=O)[C@@H](C)OC(=O)c1cccc(CSc2ccc(Cl)cc2)c1. The smallest absolute Gasteiger partial charge is 0.338 e. The second kappa shape index (κ2) is 10.0. The first-order valence-electron chi connectivity index (χ1n) is 8.06. The minimum Gasteiger partial charge on any atom is -0.449 e. The van der Waals surface area contributed by atoms with Crippen LogP contribution in [0.5, 0.6) is 0 Å². The molecule has 0 aliphatic heterocycles. The number of benzene rings is 2. The second-order valence-electron chi connectivity index (χ2n) is 5.52. The Labute approximate surface area is 162 Å². The molecule has 1 N–H and O–H groups in total. The van der Waals surface area contributed by atoms with Crippen LogP contribution in [0.4, 0.5) is 0 Å². The molecule has 1 amide bonds. The molecule has 2 rings (SSSR count). The third-order valence-electron chi connectivity index (χ3n) is 3.46. The van der Waals surface area contributed by atoms with Gasteiger partial charge in [0.15, 0.2) is 6.10 Å². The van der Waals surface area contributed by atoms with Crippen LogP contribution in [0, 0.1) is 0 Å². The largest absolute Gasteiger partial charge is 0.449 e. The molecule has 1 atom stereocenters. The summed E-state index contributed by atoms with van der Waals surface area (Å²) in [5.41, 5.74) is 1.41. The first-order chi connectivity index (χ1) is 12.5. The zero-order valence-electron chi connectivity index (χ0n) is 14.4. The van der Waals surface area contributed by atoms with Crippen LogP contribution in [-0.2, 0) is 15.3 Å². The van der Waals surface area contributed by atoms with Crippen LogP contribution in [0.1, 0.15) is 22.8 Å². The Morgan fingerprint density at radius 2 is 2.00 bits per heavy atom. The molecule has 26 heavy (non-hydrogen) atoms. The maximum atomic E-state index is 12.3. The molecule has 0 aromatic heterocycles. The van der Waals surface area contributed by atoms with Crippen LogP contribution < -0.4 is 5.32 Å². The highest BCUT2D eigenvalue weighted by atomic mass is 35.5. The maximum Gasteiger partial charge on any atom is 0.338 e. The van der Waals surface area contributed by atoms with Gasteiger partial charge in [-0.1, -0.05) is 29.8 Å². The summed E-state index contributed by atoms with van der Waals surface area (Å²) in [5, 5.41) is 3.30. The minimum absolute atomic E-state index is 0.331. The lowest BCUT2D eigenvalue weighted by Crippen LogP contribution is -2.35. The fraction of sp³-hybridized carbons (Fsp3) is 0.200. The van der Waals surface area contributed by atoms with Crippen LogP contribution in [-0.4, -0.2) is 24.5 Å². The molecule has 0 aliphatic carbocycles. The molecule has 0 radical (unpaired) electrons. The standard InChI is InChI=1S/C20H20ClNO3S/c1-3-11-22-19(23)14(2)25-20(24)16-6-4-5-15(12-16)13-26-18-9-7-17(21)8-10-18/h3-10,12,14H,1,11,13H2,2H3,(H,22,23)/t14-/m1/s1.